The van der Waals surface area contributed by atoms with Gasteiger partial charge in [0, 0.05) is 23.9 Å². The van der Waals surface area contributed by atoms with Crippen LogP contribution in [0.25, 0.3) is 10.9 Å². The number of urea groups is 1. The maximum Gasteiger partial charge on any atom is 0.325 e. The Morgan fingerprint density at radius 3 is 2.79 bits per heavy atom. The first kappa shape index (κ1) is 20.5. The Hall–Kier alpha value is -3.20. The van der Waals surface area contributed by atoms with Gasteiger partial charge in [-0.25, -0.2) is 15.2 Å². The first-order valence-electron chi connectivity index (χ1n) is 8.81. The van der Waals surface area contributed by atoms with E-state index in [1.54, 1.807) is 39.2 Å². The number of halogens is 1. The van der Waals surface area contributed by atoms with Gasteiger partial charge in [-0.05, 0) is 38.1 Å². The van der Waals surface area contributed by atoms with Gasteiger partial charge in [-0.3, -0.25) is 14.5 Å². The Kier molecular flexibility index (Phi) is 5.69. The van der Waals surface area contributed by atoms with Crippen LogP contribution >= 0.6 is 11.6 Å². The fraction of sp³-hybridized carbons (Fsp3) is 0.316. The number of imide groups is 1. The topological polar surface area (TPSA) is 113 Å². The van der Waals surface area contributed by atoms with Crippen LogP contribution in [0.4, 0.5) is 4.79 Å². The quantitative estimate of drug-likeness (QED) is 0.323. The number of carbonyl (C=O) groups excluding carboxylic acids is 3. The summed E-state index contributed by atoms with van der Waals surface area (Å²) in [6, 6.07) is 6.65. The molecule has 2 aromatic rings. The van der Waals surface area contributed by atoms with Crippen molar-refractivity contribution < 1.29 is 19.1 Å². The monoisotopic (exact) mass is 417 g/mol. The molecule has 1 aliphatic rings. The molecule has 0 unspecified atom stereocenters. The van der Waals surface area contributed by atoms with Crippen LogP contribution < -0.4 is 15.5 Å². The minimum absolute atomic E-state index is 0.0342. The second-order valence-electron chi connectivity index (χ2n) is 6.98. The number of ether oxygens (including phenoxy) is 1. The zero-order valence-electron chi connectivity index (χ0n) is 16.2. The molecule has 1 aromatic carbocycles. The van der Waals surface area contributed by atoms with Gasteiger partial charge in [0.05, 0.1) is 18.8 Å². The number of aromatic nitrogens is 1. The number of fused-ring (bicyclic) bond motifs is 1. The van der Waals surface area contributed by atoms with E-state index in [2.05, 4.69) is 20.8 Å². The first-order chi connectivity index (χ1) is 13.7. The van der Waals surface area contributed by atoms with Crippen LogP contribution in [0, 0.1) is 0 Å². The van der Waals surface area contributed by atoms with Crippen molar-refractivity contribution in [2.75, 3.05) is 13.7 Å². The van der Waals surface area contributed by atoms with Gasteiger partial charge in [-0.2, -0.15) is 5.10 Å². The number of hydrazone groups is 1. The van der Waals surface area contributed by atoms with Crippen LogP contribution in [-0.2, 0) is 9.59 Å². The molecular formula is C19H20ClN5O4. The van der Waals surface area contributed by atoms with Crippen molar-refractivity contribution in [2.45, 2.75) is 25.8 Å². The highest BCUT2D eigenvalue weighted by molar-refractivity contribution is 6.32. The van der Waals surface area contributed by atoms with Crippen LogP contribution in [0.1, 0.15) is 25.8 Å². The van der Waals surface area contributed by atoms with Crippen LogP contribution in [0.15, 0.2) is 29.4 Å². The molecular weight excluding hydrogens is 398 g/mol. The van der Waals surface area contributed by atoms with Crippen LogP contribution in [0.2, 0.25) is 5.15 Å². The van der Waals surface area contributed by atoms with Gasteiger partial charge in [0.1, 0.15) is 16.4 Å². The molecule has 1 saturated heterocycles. The number of amides is 4. The molecule has 0 aliphatic carbocycles. The summed E-state index contributed by atoms with van der Waals surface area (Å²) in [5.74, 6) is -0.136. The molecule has 9 nitrogen and oxygen atoms in total. The predicted molar refractivity (Wildman–Crippen MR) is 108 cm³/mol. The molecule has 0 atom stereocenters. The van der Waals surface area contributed by atoms with Gasteiger partial charge in [-0.15, -0.1) is 0 Å². The Morgan fingerprint density at radius 1 is 1.38 bits per heavy atom. The fourth-order valence-electron chi connectivity index (χ4n) is 2.83. The lowest BCUT2D eigenvalue weighted by atomic mass is 10.1. The number of pyridine rings is 1. The van der Waals surface area contributed by atoms with Gasteiger partial charge in [0.15, 0.2) is 0 Å². The average molecular weight is 418 g/mol. The van der Waals surface area contributed by atoms with Crippen molar-refractivity contribution in [3.05, 3.63) is 35.0 Å². The van der Waals surface area contributed by atoms with Gasteiger partial charge in [0.25, 0.3) is 5.91 Å². The Bertz CT molecular complexity index is 1020. The summed E-state index contributed by atoms with van der Waals surface area (Å²) in [6.45, 7) is 3.18. The van der Waals surface area contributed by atoms with E-state index in [1.165, 1.54) is 6.21 Å². The Labute approximate surface area is 172 Å². The Morgan fingerprint density at radius 2 is 2.14 bits per heavy atom. The van der Waals surface area contributed by atoms with Crippen LogP contribution in [0.3, 0.4) is 0 Å². The van der Waals surface area contributed by atoms with Crippen LogP contribution in [0.5, 0.6) is 5.75 Å². The van der Waals surface area contributed by atoms with Crippen molar-refractivity contribution in [2.24, 2.45) is 5.10 Å². The van der Waals surface area contributed by atoms with E-state index < -0.39 is 17.5 Å². The maximum atomic E-state index is 12.1. The summed E-state index contributed by atoms with van der Waals surface area (Å²) in [7, 11) is 1.57. The van der Waals surface area contributed by atoms with Gasteiger partial charge < -0.3 is 10.1 Å². The van der Waals surface area contributed by atoms with Crippen molar-refractivity contribution >= 4 is 46.6 Å². The van der Waals surface area contributed by atoms with E-state index in [1.807, 2.05) is 6.07 Å². The molecule has 0 spiro atoms. The molecule has 1 aromatic heterocycles. The molecule has 10 heteroatoms. The number of methoxy groups -OCH3 is 1. The zero-order chi connectivity index (χ0) is 21.2. The maximum absolute atomic E-state index is 12.1. The normalized spacial score (nSPS) is 15.8. The number of rotatable bonds is 6. The first-order valence-corrected chi connectivity index (χ1v) is 9.19. The highest BCUT2D eigenvalue weighted by atomic mass is 35.5. The average Bonchev–Trinajstić information content (AvgIpc) is 2.87. The van der Waals surface area contributed by atoms with E-state index >= 15 is 0 Å². The summed E-state index contributed by atoms with van der Waals surface area (Å²) in [5.41, 5.74) is 2.61. The summed E-state index contributed by atoms with van der Waals surface area (Å²) in [4.78, 5) is 41.2. The van der Waals surface area contributed by atoms with Crippen LogP contribution in [-0.4, -0.2) is 53.1 Å². The Balaban J connectivity index is 1.61. The second-order valence-corrected chi connectivity index (χ2v) is 7.34. The lowest BCUT2D eigenvalue weighted by molar-refractivity contribution is -0.130. The minimum Gasteiger partial charge on any atom is -0.497 e. The number of hydrogen-bond donors (Lipinski definition) is 2. The van der Waals surface area contributed by atoms with Gasteiger partial charge >= 0.3 is 6.03 Å². The summed E-state index contributed by atoms with van der Waals surface area (Å²) in [6.07, 6.45) is 1.30. The lowest BCUT2D eigenvalue weighted by Crippen LogP contribution is -2.40. The molecule has 4 amide bonds. The van der Waals surface area contributed by atoms with Gasteiger partial charge in [-0.1, -0.05) is 11.6 Å². The molecule has 0 radical (unpaired) electrons. The van der Waals surface area contributed by atoms with E-state index in [4.69, 9.17) is 16.3 Å². The molecule has 2 heterocycles. The minimum atomic E-state index is -0.964. The van der Waals surface area contributed by atoms with E-state index in [0.717, 1.165) is 10.3 Å². The smallest absolute Gasteiger partial charge is 0.325 e. The molecule has 29 heavy (non-hydrogen) atoms. The summed E-state index contributed by atoms with van der Waals surface area (Å²) in [5, 5.41) is 7.48. The predicted octanol–water partition coefficient (Wildman–Crippen LogP) is 2.07. The highest BCUT2D eigenvalue weighted by Crippen LogP contribution is 2.23. The van der Waals surface area contributed by atoms with E-state index in [-0.39, 0.29) is 24.0 Å². The summed E-state index contributed by atoms with van der Waals surface area (Å²) < 4.78 is 5.19. The van der Waals surface area contributed by atoms with Crippen molar-refractivity contribution in [1.82, 2.24) is 20.6 Å². The molecule has 2 N–H and O–H groups in total. The molecule has 0 bridgehead atoms. The van der Waals surface area contributed by atoms with E-state index in [0.29, 0.717) is 16.8 Å². The number of carbonyl (C=O) groups is 3. The number of nitrogens with one attached hydrogen (secondary N) is 2. The highest BCUT2D eigenvalue weighted by Gasteiger charge is 2.43. The van der Waals surface area contributed by atoms with Crippen molar-refractivity contribution in [3.8, 4) is 5.75 Å². The SMILES string of the molecule is COc1ccc2nc(Cl)c(/C=N\NC(=O)CCN3C(=O)NC(C)(C)C3=O)cc2c1. The molecule has 1 fully saturated rings. The third kappa shape index (κ3) is 4.45. The standard InChI is InChI=1S/C19H20ClN5O4/c1-19(2)17(27)25(18(28)23-19)7-6-15(26)24-21-10-12-8-11-9-13(29-3)4-5-14(11)22-16(12)20/h4-5,8-10H,6-7H2,1-3H3,(H,23,28)(H,24,26)/b21-10-. The van der Waals surface area contributed by atoms with Gasteiger partial charge in [0.2, 0.25) is 5.91 Å². The molecule has 3 rings (SSSR count). The van der Waals surface area contributed by atoms with E-state index in [9.17, 15) is 14.4 Å². The zero-order valence-corrected chi connectivity index (χ0v) is 16.9. The number of hydrogen-bond acceptors (Lipinski definition) is 6. The number of benzene rings is 1. The third-order valence-electron chi connectivity index (χ3n) is 4.40. The summed E-state index contributed by atoms with van der Waals surface area (Å²) >= 11 is 6.16. The fourth-order valence-corrected chi connectivity index (χ4v) is 3.02. The molecule has 1 aliphatic heterocycles. The van der Waals surface area contributed by atoms with Crippen molar-refractivity contribution in [1.29, 1.82) is 0 Å². The number of nitrogens with zero attached hydrogens (tertiary/aromatic N) is 3. The molecule has 0 saturated carbocycles. The lowest BCUT2D eigenvalue weighted by Gasteiger charge is -2.15. The van der Waals surface area contributed by atoms with Crippen molar-refractivity contribution in [3.63, 3.8) is 0 Å². The third-order valence-corrected chi connectivity index (χ3v) is 4.71. The largest absolute Gasteiger partial charge is 0.497 e. The second kappa shape index (κ2) is 8.04. The molecule has 152 valence electrons.